The second-order valence-corrected chi connectivity index (χ2v) is 7.38. The van der Waals surface area contributed by atoms with Gasteiger partial charge in [0.1, 0.15) is 11.6 Å². The largest absolute Gasteiger partial charge is 0.497 e. The number of hydrogen-bond acceptors (Lipinski definition) is 5. The Labute approximate surface area is 191 Å². The Kier molecular flexibility index (Phi) is 6.04. The number of aryl methyl sites for hydroxylation is 1. The summed E-state index contributed by atoms with van der Waals surface area (Å²) in [5.74, 6) is 1.56. The number of para-hydroxylation sites is 1. The zero-order chi connectivity index (χ0) is 23.5. The third-order valence-electron chi connectivity index (χ3n) is 5.55. The first-order valence-corrected chi connectivity index (χ1v) is 10.3. The number of rotatable bonds is 6. The fraction of sp³-hybridized carbons (Fsp3) is 0.154. The maximum atomic E-state index is 13.6. The molecule has 0 unspecified atom stereocenters. The molecule has 4 aromatic rings. The molecule has 1 aromatic heterocycles. The molecule has 0 radical (unpaired) electrons. The monoisotopic (exact) mass is 444 g/mol. The van der Waals surface area contributed by atoms with Crippen molar-refractivity contribution in [2.75, 3.05) is 26.6 Å². The molecule has 168 valence electrons. The maximum absolute atomic E-state index is 13.6. The fourth-order valence-electron chi connectivity index (χ4n) is 3.84. The predicted octanol–water partition coefficient (Wildman–Crippen LogP) is 4.48. The molecule has 0 saturated carbocycles. The van der Waals surface area contributed by atoms with Gasteiger partial charge in [-0.3, -0.25) is 9.59 Å². The lowest BCUT2D eigenvalue weighted by atomic mass is 10.0. The third kappa shape index (κ3) is 4.01. The minimum absolute atomic E-state index is 0.181. The standard InChI is InChI=1S/C26H24N2O5/c1-28-20-11-6-5-10-19(20)24(29)23(16-8-7-9-18(14-16)31-2)25(28)27-26(30)17-12-13-21(32-3)22(15-17)33-4/h5-15H,1-4H3,(H,27,30). The quantitative estimate of drug-likeness (QED) is 0.474. The molecular weight excluding hydrogens is 420 g/mol. The summed E-state index contributed by atoms with van der Waals surface area (Å²) in [4.78, 5) is 26.8. The average molecular weight is 444 g/mol. The van der Waals surface area contributed by atoms with Gasteiger partial charge in [-0.15, -0.1) is 0 Å². The molecule has 1 N–H and O–H groups in total. The number of fused-ring (bicyclic) bond motifs is 1. The van der Waals surface area contributed by atoms with E-state index in [2.05, 4.69) is 5.32 Å². The van der Waals surface area contributed by atoms with Gasteiger partial charge in [0.2, 0.25) is 0 Å². The summed E-state index contributed by atoms with van der Waals surface area (Å²) in [7, 11) is 6.42. The minimum Gasteiger partial charge on any atom is -0.497 e. The topological polar surface area (TPSA) is 78.8 Å². The number of pyridine rings is 1. The van der Waals surface area contributed by atoms with Crippen molar-refractivity contribution in [1.82, 2.24) is 4.57 Å². The molecule has 3 aromatic carbocycles. The number of benzene rings is 3. The van der Waals surface area contributed by atoms with E-state index in [4.69, 9.17) is 14.2 Å². The normalized spacial score (nSPS) is 10.7. The van der Waals surface area contributed by atoms with Crippen LogP contribution in [0.25, 0.3) is 22.0 Å². The Bertz CT molecular complexity index is 1410. The summed E-state index contributed by atoms with van der Waals surface area (Å²) in [6.45, 7) is 0. The van der Waals surface area contributed by atoms with Crippen LogP contribution < -0.4 is 25.0 Å². The van der Waals surface area contributed by atoms with Crippen LogP contribution in [0.3, 0.4) is 0 Å². The van der Waals surface area contributed by atoms with Gasteiger partial charge in [0.25, 0.3) is 5.91 Å². The number of ether oxygens (including phenoxy) is 3. The molecule has 0 fully saturated rings. The Balaban J connectivity index is 1.90. The Morgan fingerprint density at radius 1 is 0.848 bits per heavy atom. The SMILES string of the molecule is COc1cccc(-c2c(NC(=O)c3ccc(OC)c(OC)c3)n(C)c3ccccc3c2=O)c1. The number of nitrogens with one attached hydrogen (secondary N) is 1. The van der Waals surface area contributed by atoms with E-state index < -0.39 is 0 Å². The molecule has 0 aliphatic carbocycles. The highest BCUT2D eigenvalue weighted by atomic mass is 16.5. The number of methoxy groups -OCH3 is 3. The van der Waals surface area contributed by atoms with Crippen molar-refractivity contribution in [2.45, 2.75) is 0 Å². The highest BCUT2D eigenvalue weighted by Crippen LogP contribution is 2.32. The molecule has 0 atom stereocenters. The average Bonchev–Trinajstić information content (AvgIpc) is 2.86. The number of anilines is 1. The molecule has 4 rings (SSSR count). The zero-order valence-corrected chi connectivity index (χ0v) is 18.8. The molecule has 0 aliphatic rings. The van der Waals surface area contributed by atoms with Crippen LogP contribution >= 0.6 is 0 Å². The van der Waals surface area contributed by atoms with E-state index in [1.165, 1.54) is 14.2 Å². The lowest BCUT2D eigenvalue weighted by Gasteiger charge is -2.19. The summed E-state index contributed by atoms with van der Waals surface area (Å²) in [6.07, 6.45) is 0. The molecule has 7 nitrogen and oxygen atoms in total. The summed E-state index contributed by atoms with van der Waals surface area (Å²) < 4.78 is 17.7. The summed E-state index contributed by atoms with van der Waals surface area (Å²) in [5, 5.41) is 3.50. The van der Waals surface area contributed by atoms with E-state index in [1.54, 1.807) is 43.5 Å². The zero-order valence-electron chi connectivity index (χ0n) is 18.8. The van der Waals surface area contributed by atoms with Gasteiger partial charge in [-0.05, 0) is 48.0 Å². The van der Waals surface area contributed by atoms with Crippen LogP contribution in [-0.2, 0) is 7.05 Å². The molecular formula is C26H24N2O5. The van der Waals surface area contributed by atoms with Crippen LogP contribution in [0.2, 0.25) is 0 Å². The lowest BCUT2D eigenvalue weighted by molar-refractivity contribution is 0.102. The molecule has 33 heavy (non-hydrogen) atoms. The minimum atomic E-state index is -0.384. The van der Waals surface area contributed by atoms with Crippen LogP contribution in [0.5, 0.6) is 17.2 Å². The summed E-state index contributed by atoms with van der Waals surface area (Å²) in [5.41, 5.74) is 1.91. The van der Waals surface area contributed by atoms with Crippen LogP contribution in [0.4, 0.5) is 5.82 Å². The van der Waals surface area contributed by atoms with Crippen molar-refractivity contribution in [2.24, 2.45) is 7.05 Å². The van der Waals surface area contributed by atoms with Crippen LogP contribution in [-0.4, -0.2) is 31.8 Å². The predicted molar refractivity (Wildman–Crippen MR) is 129 cm³/mol. The maximum Gasteiger partial charge on any atom is 0.256 e. The van der Waals surface area contributed by atoms with Crippen molar-refractivity contribution in [3.8, 4) is 28.4 Å². The Hall–Kier alpha value is -4.26. The van der Waals surface area contributed by atoms with Crippen molar-refractivity contribution in [3.63, 3.8) is 0 Å². The second kappa shape index (κ2) is 9.08. The van der Waals surface area contributed by atoms with E-state index in [0.717, 1.165) is 0 Å². The van der Waals surface area contributed by atoms with Gasteiger partial charge in [0.15, 0.2) is 16.9 Å². The van der Waals surface area contributed by atoms with Crippen LogP contribution in [0, 0.1) is 0 Å². The fourth-order valence-corrected chi connectivity index (χ4v) is 3.84. The highest BCUT2D eigenvalue weighted by molar-refractivity contribution is 6.07. The number of aromatic nitrogens is 1. The van der Waals surface area contributed by atoms with Crippen LogP contribution in [0.1, 0.15) is 10.4 Å². The van der Waals surface area contributed by atoms with Gasteiger partial charge in [-0.2, -0.15) is 0 Å². The first kappa shape index (κ1) is 22.0. The summed E-state index contributed by atoms with van der Waals surface area (Å²) >= 11 is 0. The van der Waals surface area contributed by atoms with Gasteiger partial charge >= 0.3 is 0 Å². The first-order chi connectivity index (χ1) is 16.0. The van der Waals surface area contributed by atoms with Crippen LogP contribution in [0.15, 0.2) is 71.5 Å². The first-order valence-electron chi connectivity index (χ1n) is 10.3. The van der Waals surface area contributed by atoms with Crippen molar-refractivity contribution in [1.29, 1.82) is 0 Å². The number of amides is 1. The molecule has 0 aliphatic heterocycles. The van der Waals surface area contributed by atoms with E-state index >= 15 is 0 Å². The molecule has 1 amide bonds. The Morgan fingerprint density at radius 2 is 1.61 bits per heavy atom. The Morgan fingerprint density at radius 3 is 2.33 bits per heavy atom. The van der Waals surface area contributed by atoms with Crippen molar-refractivity contribution >= 4 is 22.6 Å². The molecule has 0 bridgehead atoms. The smallest absolute Gasteiger partial charge is 0.256 e. The number of hydrogen-bond donors (Lipinski definition) is 1. The molecule has 7 heteroatoms. The third-order valence-corrected chi connectivity index (χ3v) is 5.55. The van der Waals surface area contributed by atoms with Gasteiger partial charge in [-0.1, -0.05) is 24.3 Å². The number of nitrogens with zero attached hydrogens (tertiary/aromatic N) is 1. The van der Waals surface area contributed by atoms with Gasteiger partial charge in [0.05, 0.1) is 32.4 Å². The van der Waals surface area contributed by atoms with Crippen molar-refractivity contribution < 1.29 is 19.0 Å². The van der Waals surface area contributed by atoms with E-state index in [-0.39, 0.29) is 11.3 Å². The second-order valence-electron chi connectivity index (χ2n) is 7.38. The number of carbonyl (C=O) groups is 1. The van der Waals surface area contributed by atoms with E-state index in [0.29, 0.717) is 50.7 Å². The van der Waals surface area contributed by atoms with Crippen molar-refractivity contribution in [3.05, 3.63) is 82.5 Å². The highest BCUT2D eigenvalue weighted by Gasteiger charge is 2.20. The molecule has 0 spiro atoms. The van der Waals surface area contributed by atoms with E-state index in [1.807, 2.05) is 41.9 Å². The van der Waals surface area contributed by atoms with Gasteiger partial charge < -0.3 is 24.1 Å². The van der Waals surface area contributed by atoms with Gasteiger partial charge in [0, 0.05) is 18.0 Å². The van der Waals surface area contributed by atoms with Gasteiger partial charge in [-0.25, -0.2) is 0 Å². The molecule has 1 heterocycles. The number of carbonyl (C=O) groups excluding carboxylic acids is 1. The van der Waals surface area contributed by atoms with E-state index in [9.17, 15) is 9.59 Å². The lowest BCUT2D eigenvalue weighted by Crippen LogP contribution is -2.21. The summed E-state index contributed by atoms with van der Waals surface area (Å²) in [6, 6.07) is 19.4. The molecule has 0 saturated heterocycles.